The second kappa shape index (κ2) is 6.02. The fraction of sp³-hybridized carbons (Fsp3) is 0.538. The molecule has 1 aromatic rings. The Labute approximate surface area is 125 Å². The van der Waals surface area contributed by atoms with E-state index in [1.807, 2.05) is 24.1 Å². The zero-order valence-corrected chi connectivity index (χ0v) is 12.9. The van der Waals surface area contributed by atoms with Crippen LogP contribution in [0.4, 0.5) is 23.2 Å². The van der Waals surface area contributed by atoms with Crippen LogP contribution < -0.4 is 4.90 Å². The first-order chi connectivity index (χ1) is 9.67. The van der Waals surface area contributed by atoms with Crippen molar-refractivity contribution in [2.24, 2.45) is 0 Å². The molecule has 1 aliphatic heterocycles. The molecule has 0 radical (unpaired) electrons. The minimum Gasteiger partial charge on any atom is -0.341 e. The third kappa shape index (κ3) is 4.02. The van der Waals surface area contributed by atoms with Crippen LogP contribution in [0.25, 0.3) is 0 Å². The van der Waals surface area contributed by atoms with E-state index >= 15 is 0 Å². The first-order valence-corrected chi connectivity index (χ1v) is 7.33. The summed E-state index contributed by atoms with van der Waals surface area (Å²) in [6.45, 7) is 2.62. The summed E-state index contributed by atoms with van der Waals surface area (Å²) >= 11 is 0.692. The highest BCUT2D eigenvalue weighted by molar-refractivity contribution is 7.99. The maximum absolute atomic E-state index is 14.1. The van der Waals surface area contributed by atoms with E-state index < -0.39 is 17.7 Å². The molecule has 0 aromatic heterocycles. The average Bonchev–Trinajstić information content (AvgIpc) is 2.67. The normalized spacial score (nSPS) is 17.8. The summed E-state index contributed by atoms with van der Waals surface area (Å²) in [5.41, 5.74) is 0.855. The van der Waals surface area contributed by atoms with E-state index in [1.54, 1.807) is 11.8 Å². The lowest BCUT2D eigenvalue weighted by atomic mass is 10.2. The standard InChI is InChI=1S/C13H17F4N3S/c1-9-4-10(14)11(20-7-18(2)19(3)8-20)5-12(9)21-6-13(15,16)17/h4-5H,6-8H2,1-3H3. The Hall–Kier alpha value is -0.990. The van der Waals surface area contributed by atoms with Crippen LogP contribution in [0.1, 0.15) is 5.56 Å². The van der Waals surface area contributed by atoms with Gasteiger partial charge in [-0.3, -0.25) is 0 Å². The number of thioether (sulfide) groups is 1. The van der Waals surface area contributed by atoms with Gasteiger partial charge in [0.15, 0.2) is 0 Å². The number of benzene rings is 1. The number of hydrazine groups is 1. The van der Waals surface area contributed by atoms with Crippen LogP contribution in [0.15, 0.2) is 17.0 Å². The van der Waals surface area contributed by atoms with Gasteiger partial charge in [-0.15, -0.1) is 11.8 Å². The second-order valence-electron chi connectivity index (χ2n) is 5.11. The zero-order chi connectivity index (χ0) is 15.8. The van der Waals surface area contributed by atoms with Crippen molar-refractivity contribution in [3.63, 3.8) is 0 Å². The van der Waals surface area contributed by atoms with Crippen molar-refractivity contribution in [2.45, 2.75) is 18.0 Å². The Morgan fingerprint density at radius 1 is 1.14 bits per heavy atom. The Balaban J connectivity index is 2.22. The number of nitrogens with zero attached hydrogens (tertiary/aromatic N) is 3. The van der Waals surface area contributed by atoms with E-state index in [9.17, 15) is 17.6 Å². The van der Waals surface area contributed by atoms with E-state index in [1.165, 1.54) is 12.1 Å². The molecule has 0 bridgehead atoms. The maximum atomic E-state index is 14.1. The fourth-order valence-corrected chi connectivity index (χ4v) is 2.91. The molecule has 0 aliphatic carbocycles. The minimum atomic E-state index is -4.24. The molecule has 1 aromatic carbocycles. The summed E-state index contributed by atoms with van der Waals surface area (Å²) in [7, 11) is 3.73. The van der Waals surface area contributed by atoms with Crippen molar-refractivity contribution < 1.29 is 17.6 Å². The largest absolute Gasteiger partial charge is 0.398 e. The third-order valence-corrected chi connectivity index (χ3v) is 4.53. The molecule has 21 heavy (non-hydrogen) atoms. The molecule has 118 valence electrons. The molecule has 1 fully saturated rings. The summed E-state index contributed by atoms with van der Waals surface area (Å²) in [5.74, 6) is -1.38. The van der Waals surface area contributed by atoms with E-state index in [4.69, 9.17) is 0 Å². The van der Waals surface area contributed by atoms with Crippen molar-refractivity contribution in [3.8, 4) is 0 Å². The Morgan fingerprint density at radius 2 is 1.71 bits per heavy atom. The molecule has 2 rings (SSSR count). The molecule has 0 N–H and O–H groups in total. The molecule has 1 heterocycles. The van der Waals surface area contributed by atoms with Crippen LogP contribution in [-0.2, 0) is 0 Å². The van der Waals surface area contributed by atoms with Crippen LogP contribution >= 0.6 is 11.8 Å². The lowest BCUT2D eigenvalue weighted by Crippen LogP contribution is -2.28. The summed E-state index contributed by atoms with van der Waals surface area (Å²) in [4.78, 5) is 2.24. The Kier molecular flexibility index (Phi) is 4.69. The van der Waals surface area contributed by atoms with E-state index in [-0.39, 0.29) is 0 Å². The van der Waals surface area contributed by atoms with Gasteiger partial charge in [-0.25, -0.2) is 14.4 Å². The van der Waals surface area contributed by atoms with Gasteiger partial charge in [-0.2, -0.15) is 13.2 Å². The van der Waals surface area contributed by atoms with Gasteiger partial charge in [0, 0.05) is 19.0 Å². The number of anilines is 1. The quantitative estimate of drug-likeness (QED) is 0.623. The van der Waals surface area contributed by atoms with Crippen molar-refractivity contribution in [3.05, 3.63) is 23.5 Å². The number of halogens is 4. The third-order valence-electron chi connectivity index (χ3n) is 3.31. The van der Waals surface area contributed by atoms with Gasteiger partial charge in [0.2, 0.25) is 0 Å². The Morgan fingerprint density at radius 3 is 2.24 bits per heavy atom. The molecule has 0 amide bonds. The van der Waals surface area contributed by atoms with Crippen molar-refractivity contribution in [2.75, 3.05) is 38.1 Å². The lowest BCUT2D eigenvalue weighted by Gasteiger charge is -2.19. The molecule has 3 nitrogen and oxygen atoms in total. The second-order valence-corrected chi connectivity index (χ2v) is 6.13. The summed E-state index contributed by atoms with van der Waals surface area (Å²) in [6.07, 6.45) is -4.24. The topological polar surface area (TPSA) is 9.72 Å². The highest BCUT2D eigenvalue weighted by Gasteiger charge is 2.29. The summed E-state index contributed by atoms with van der Waals surface area (Å²) in [5, 5.41) is 3.81. The highest BCUT2D eigenvalue weighted by Crippen LogP contribution is 2.34. The van der Waals surface area contributed by atoms with Gasteiger partial charge in [-0.05, 0) is 24.6 Å². The molecule has 0 atom stereocenters. The van der Waals surface area contributed by atoms with Crippen LogP contribution in [-0.4, -0.2) is 49.4 Å². The van der Waals surface area contributed by atoms with E-state index in [2.05, 4.69) is 0 Å². The van der Waals surface area contributed by atoms with Gasteiger partial charge in [0.25, 0.3) is 0 Å². The zero-order valence-electron chi connectivity index (χ0n) is 12.0. The molecular weight excluding hydrogens is 306 g/mol. The fourth-order valence-electron chi connectivity index (χ4n) is 2.11. The van der Waals surface area contributed by atoms with Crippen LogP contribution in [0.2, 0.25) is 0 Å². The number of alkyl halides is 3. The smallest absolute Gasteiger partial charge is 0.341 e. The predicted octanol–water partition coefficient (Wildman–Crippen LogP) is 3.30. The summed E-state index contributed by atoms with van der Waals surface area (Å²) in [6, 6.07) is 2.81. The van der Waals surface area contributed by atoms with Crippen molar-refractivity contribution >= 4 is 17.4 Å². The average molecular weight is 323 g/mol. The maximum Gasteiger partial charge on any atom is 0.398 e. The molecule has 0 unspecified atom stereocenters. The number of aryl methyl sites for hydroxylation is 1. The molecule has 1 aliphatic rings. The number of rotatable bonds is 3. The van der Waals surface area contributed by atoms with Crippen molar-refractivity contribution in [1.29, 1.82) is 0 Å². The summed E-state index contributed by atoms with van der Waals surface area (Å²) < 4.78 is 51.1. The van der Waals surface area contributed by atoms with E-state index in [0.717, 1.165) is 0 Å². The van der Waals surface area contributed by atoms with Gasteiger partial charge in [0.1, 0.15) is 5.82 Å². The Bertz CT molecular complexity index is 511. The monoisotopic (exact) mass is 323 g/mol. The van der Waals surface area contributed by atoms with Crippen molar-refractivity contribution in [1.82, 2.24) is 10.0 Å². The minimum absolute atomic E-state index is 0.335. The molecule has 1 saturated heterocycles. The van der Waals surface area contributed by atoms with Gasteiger partial charge in [-0.1, -0.05) is 0 Å². The van der Waals surface area contributed by atoms with Gasteiger partial charge >= 0.3 is 6.18 Å². The van der Waals surface area contributed by atoms with Crippen LogP contribution in [0, 0.1) is 12.7 Å². The predicted molar refractivity (Wildman–Crippen MR) is 75.7 cm³/mol. The number of hydrogen-bond acceptors (Lipinski definition) is 4. The van der Waals surface area contributed by atoms with Crippen LogP contribution in [0.3, 0.4) is 0 Å². The number of hydrogen-bond donors (Lipinski definition) is 0. The van der Waals surface area contributed by atoms with Crippen LogP contribution in [0.5, 0.6) is 0 Å². The van der Waals surface area contributed by atoms with Gasteiger partial charge < -0.3 is 4.90 Å². The first kappa shape index (κ1) is 16.4. The highest BCUT2D eigenvalue weighted by atomic mass is 32.2. The molecular formula is C13H17F4N3S. The first-order valence-electron chi connectivity index (χ1n) is 6.34. The SMILES string of the molecule is Cc1cc(F)c(N2CN(C)N(C)C2)cc1SCC(F)(F)F. The molecule has 8 heteroatoms. The molecule has 0 spiro atoms. The van der Waals surface area contributed by atoms with Gasteiger partial charge in [0.05, 0.1) is 24.8 Å². The molecule has 0 saturated carbocycles. The lowest BCUT2D eigenvalue weighted by molar-refractivity contribution is -0.105. The van der Waals surface area contributed by atoms with E-state index in [0.29, 0.717) is 41.2 Å².